The molecule has 1 aliphatic rings. The second-order valence-electron chi connectivity index (χ2n) is 10.6. The zero-order chi connectivity index (χ0) is 30.2. The van der Waals surface area contributed by atoms with Crippen LogP contribution in [0.1, 0.15) is 36.7 Å². The van der Waals surface area contributed by atoms with Gasteiger partial charge >= 0.3 is 0 Å². The van der Waals surface area contributed by atoms with E-state index in [1.807, 2.05) is 0 Å². The normalized spacial score (nSPS) is 16.9. The smallest absolute Gasteiger partial charge is 0.252 e. The van der Waals surface area contributed by atoms with E-state index in [0.717, 1.165) is 23.6 Å². The lowest BCUT2D eigenvalue weighted by Crippen LogP contribution is -2.45. The van der Waals surface area contributed by atoms with Crippen molar-refractivity contribution in [2.75, 3.05) is 5.75 Å². The van der Waals surface area contributed by atoms with E-state index in [-0.39, 0.29) is 29.0 Å². The van der Waals surface area contributed by atoms with Gasteiger partial charge in [-0.05, 0) is 73.0 Å². The second kappa shape index (κ2) is 11.2. The van der Waals surface area contributed by atoms with Crippen molar-refractivity contribution in [3.63, 3.8) is 0 Å². The molecule has 2 aromatic carbocycles. The lowest BCUT2D eigenvalue weighted by molar-refractivity contribution is -0.135. The number of carbonyl (C=O) groups excluding carboxylic acids is 1. The SMILES string of the molecule is CC(C)(O)c1cc(CN(C(=O)[C@@H](c2ccc(-c3ccc(F)c(F)c3)cc2F)n2cccn2)[C@@H]2C=CS(=O)(=O)C2)ccn1. The number of pyridine rings is 1. The average Bonchev–Trinajstić information content (AvgIpc) is 3.59. The highest BCUT2D eigenvalue weighted by Gasteiger charge is 2.37. The number of nitrogens with zero attached hydrogens (tertiary/aromatic N) is 4. The highest BCUT2D eigenvalue weighted by molar-refractivity contribution is 7.94. The molecule has 5 rings (SSSR count). The zero-order valence-corrected chi connectivity index (χ0v) is 23.5. The third kappa shape index (κ3) is 6.14. The number of amides is 1. The minimum atomic E-state index is -3.57. The van der Waals surface area contributed by atoms with Crippen molar-refractivity contribution in [1.82, 2.24) is 19.7 Å². The Labute approximate surface area is 240 Å². The highest BCUT2D eigenvalue weighted by Crippen LogP contribution is 2.31. The summed E-state index contributed by atoms with van der Waals surface area (Å²) in [5.74, 6) is -3.90. The van der Waals surface area contributed by atoms with E-state index in [2.05, 4.69) is 10.1 Å². The van der Waals surface area contributed by atoms with E-state index >= 15 is 4.39 Å². The molecule has 0 fully saturated rings. The number of hydrogen-bond donors (Lipinski definition) is 1. The van der Waals surface area contributed by atoms with Crippen LogP contribution in [0.15, 0.2) is 84.7 Å². The molecule has 0 radical (unpaired) electrons. The molecule has 0 saturated heterocycles. The maximum Gasteiger partial charge on any atom is 0.252 e. The molecule has 3 heterocycles. The minimum Gasteiger partial charge on any atom is -0.384 e. The molecule has 12 heteroatoms. The van der Waals surface area contributed by atoms with Crippen LogP contribution in [0, 0.1) is 17.5 Å². The van der Waals surface area contributed by atoms with E-state index in [1.165, 1.54) is 52.4 Å². The molecule has 0 spiro atoms. The van der Waals surface area contributed by atoms with Gasteiger partial charge in [-0.3, -0.25) is 14.5 Å². The van der Waals surface area contributed by atoms with Crippen molar-refractivity contribution in [2.45, 2.75) is 38.1 Å². The van der Waals surface area contributed by atoms with Gasteiger partial charge in [-0.1, -0.05) is 18.2 Å². The summed E-state index contributed by atoms with van der Waals surface area (Å²) in [5.41, 5.74) is 0.101. The fourth-order valence-electron chi connectivity index (χ4n) is 4.80. The molecule has 218 valence electrons. The van der Waals surface area contributed by atoms with Gasteiger partial charge in [0.2, 0.25) is 0 Å². The summed E-state index contributed by atoms with van der Waals surface area (Å²) in [4.78, 5) is 19.9. The van der Waals surface area contributed by atoms with Crippen molar-refractivity contribution < 1.29 is 31.5 Å². The van der Waals surface area contributed by atoms with Crippen LogP contribution in [0.2, 0.25) is 0 Å². The number of benzene rings is 2. The molecule has 4 aromatic rings. The van der Waals surface area contributed by atoms with Crippen LogP contribution >= 0.6 is 0 Å². The summed E-state index contributed by atoms with van der Waals surface area (Å²) in [6.45, 7) is 3.06. The maximum absolute atomic E-state index is 15.8. The van der Waals surface area contributed by atoms with E-state index in [4.69, 9.17) is 0 Å². The topological polar surface area (TPSA) is 105 Å². The standard InChI is InChI=1S/C30H27F3N4O4S/c1-30(2,39)27-14-19(8-11-34-27)17-36(22-9-13-42(40,41)18-22)29(38)28(37-12-3-10-35-37)23-6-4-20(15-25(23)32)21-5-7-24(31)26(33)16-21/h3-16,22,28,39H,17-18H2,1-2H3/t22-,28-/m1/s1. The van der Waals surface area contributed by atoms with Gasteiger partial charge in [-0.15, -0.1) is 0 Å². The molecule has 1 N–H and O–H groups in total. The molecule has 1 aliphatic heterocycles. The van der Waals surface area contributed by atoms with Gasteiger partial charge in [0.05, 0.1) is 17.5 Å². The van der Waals surface area contributed by atoms with Gasteiger partial charge < -0.3 is 10.0 Å². The van der Waals surface area contributed by atoms with Crippen molar-refractivity contribution in [2.24, 2.45) is 0 Å². The monoisotopic (exact) mass is 596 g/mol. The van der Waals surface area contributed by atoms with Crippen LogP contribution in [-0.2, 0) is 26.8 Å². The summed E-state index contributed by atoms with van der Waals surface area (Å²) in [7, 11) is -3.57. The number of hydrogen-bond acceptors (Lipinski definition) is 6. The molecular formula is C30H27F3N4O4S. The summed E-state index contributed by atoms with van der Waals surface area (Å²) < 4.78 is 69.0. The van der Waals surface area contributed by atoms with E-state index in [9.17, 15) is 27.1 Å². The number of carbonyl (C=O) groups is 1. The first-order valence-electron chi connectivity index (χ1n) is 13.0. The van der Waals surface area contributed by atoms with Crippen LogP contribution in [0.25, 0.3) is 11.1 Å². The van der Waals surface area contributed by atoms with Gasteiger partial charge in [-0.25, -0.2) is 21.6 Å². The molecule has 0 unspecified atom stereocenters. The second-order valence-corrected chi connectivity index (χ2v) is 12.5. The first-order valence-corrected chi connectivity index (χ1v) is 14.7. The minimum absolute atomic E-state index is 0.0585. The quantitative estimate of drug-likeness (QED) is 0.321. The summed E-state index contributed by atoms with van der Waals surface area (Å²) in [5, 5.41) is 15.7. The molecule has 42 heavy (non-hydrogen) atoms. The Morgan fingerprint density at radius 1 is 1.05 bits per heavy atom. The van der Waals surface area contributed by atoms with Crippen molar-refractivity contribution in [3.8, 4) is 11.1 Å². The van der Waals surface area contributed by atoms with Gasteiger partial charge in [0.15, 0.2) is 27.5 Å². The lowest BCUT2D eigenvalue weighted by Gasteiger charge is -2.32. The Bertz CT molecular complexity index is 1770. The van der Waals surface area contributed by atoms with Crippen LogP contribution in [0.5, 0.6) is 0 Å². The molecule has 1 amide bonds. The highest BCUT2D eigenvalue weighted by atomic mass is 32.2. The first-order chi connectivity index (χ1) is 19.8. The van der Waals surface area contributed by atoms with Crippen LogP contribution in [0.4, 0.5) is 13.2 Å². The largest absolute Gasteiger partial charge is 0.384 e. The number of sulfone groups is 1. The van der Waals surface area contributed by atoms with Crippen molar-refractivity contribution >= 4 is 15.7 Å². The lowest BCUT2D eigenvalue weighted by atomic mass is 9.98. The molecule has 2 atom stereocenters. The fraction of sp³-hybridized carbons (Fsp3) is 0.233. The first kappa shape index (κ1) is 29.2. The Hall–Kier alpha value is -4.29. The number of aromatic nitrogens is 3. The molecule has 8 nitrogen and oxygen atoms in total. The van der Waals surface area contributed by atoms with Gasteiger partial charge in [0, 0.05) is 36.1 Å². The number of halogens is 3. The Morgan fingerprint density at radius 3 is 2.36 bits per heavy atom. The molecule has 0 saturated carbocycles. The fourth-order valence-corrected chi connectivity index (χ4v) is 6.10. The Kier molecular flexibility index (Phi) is 7.78. The summed E-state index contributed by atoms with van der Waals surface area (Å²) in [6.07, 6.45) is 5.81. The van der Waals surface area contributed by atoms with E-state index in [1.54, 1.807) is 32.0 Å². The van der Waals surface area contributed by atoms with Crippen molar-refractivity contribution in [1.29, 1.82) is 0 Å². The molecule has 2 aromatic heterocycles. The van der Waals surface area contributed by atoms with E-state index < -0.39 is 50.9 Å². The van der Waals surface area contributed by atoms with Crippen LogP contribution in [0.3, 0.4) is 0 Å². The molecular weight excluding hydrogens is 569 g/mol. The van der Waals surface area contributed by atoms with Gasteiger partial charge in [0.25, 0.3) is 5.91 Å². The van der Waals surface area contributed by atoms with Gasteiger partial charge in [-0.2, -0.15) is 5.10 Å². The molecule has 0 bridgehead atoms. The summed E-state index contributed by atoms with van der Waals surface area (Å²) in [6, 6.07) is 9.82. The predicted molar refractivity (Wildman–Crippen MR) is 149 cm³/mol. The predicted octanol–water partition coefficient (Wildman–Crippen LogP) is 4.52. The Balaban J connectivity index is 1.56. The summed E-state index contributed by atoms with van der Waals surface area (Å²) >= 11 is 0. The third-order valence-electron chi connectivity index (χ3n) is 6.97. The van der Waals surface area contributed by atoms with Crippen LogP contribution in [-0.4, -0.2) is 50.9 Å². The maximum atomic E-state index is 15.8. The van der Waals surface area contributed by atoms with E-state index in [0.29, 0.717) is 11.3 Å². The van der Waals surface area contributed by atoms with Crippen LogP contribution < -0.4 is 0 Å². The zero-order valence-electron chi connectivity index (χ0n) is 22.7. The third-order valence-corrected chi connectivity index (χ3v) is 8.35. The van der Waals surface area contributed by atoms with Gasteiger partial charge in [0.1, 0.15) is 11.4 Å². The number of aliphatic hydroxyl groups is 1. The number of rotatable bonds is 8. The Morgan fingerprint density at radius 2 is 1.76 bits per heavy atom. The average molecular weight is 597 g/mol. The molecule has 0 aliphatic carbocycles. The van der Waals surface area contributed by atoms with Crippen molar-refractivity contribution in [3.05, 3.63) is 119 Å².